The van der Waals surface area contributed by atoms with Crippen LogP contribution in [0.4, 0.5) is 5.13 Å². The SMILES string of the molecule is Cc1[nH]c2ccccc2c1-c1csc(NC(=O)C2CCCN(C(=O)c3ccccc3)C2)n1. The lowest BCUT2D eigenvalue weighted by atomic mass is 9.96. The maximum Gasteiger partial charge on any atom is 0.253 e. The molecule has 5 rings (SSSR count). The average Bonchev–Trinajstić information content (AvgIpc) is 3.42. The number of piperidine rings is 1. The monoisotopic (exact) mass is 444 g/mol. The Labute approximate surface area is 190 Å². The summed E-state index contributed by atoms with van der Waals surface area (Å²) < 4.78 is 0. The van der Waals surface area contributed by atoms with E-state index in [4.69, 9.17) is 0 Å². The van der Waals surface area contributed by atoms with E-state index in [1.807, 2.05) is 60.8 Å². The summed E-state index contributed by atoms with van der Waals surface area (Å²) in [6.45, 7) is 3.14. The van der Waals surface area contributed by atoms with Crippen molar-refractivity contribution >= 4 is 39.2 Å². The second-order valence-electron chi connectivity index (χ2n) is 8.15. The third-order valence-electron chi connectivity index (χ3n) is 5.98. The van der Waals surface area contributed by atoms with Crippen molar-refractivity contribution in [2.24, 2.45) is 5.92 Å². The van der Waals surface area contributed by atoms with E-state index in [2.05, 4.69) is 21.4 Å². The van der Waals surface area contributed by atoms with Crippen molar-refractivity contribution in [2.75, 3.05) is 18.4 Å². The van der Waals surface area contributed by atoms with Gasteiger partial charge in [-0.3, -0.25) is 9.59 Å². The van der Waals surface area contributed by atoms with Crippen molar-refractivity contribution in [3.63, 3.8) is 0 Å². The van der Waals surface area contributed by atoms with E-state index in [1.54, 1.807) is 4.90 Å². The van der Waals surface area contributed by atoms with Crippen LogP contribution in [0.25, 0.3) is 22.2 Å². The predicted octanol–water partition coefficient (Wildman–Crippen LogP) is 5.09. The Hall–Kier alpha value is -3.45. The van der Waals surface area contributed by atoms with Crippen molar-refractivity contribution in [2.45, 2.75) is 19.8 Å². The standard InChI is InChI=1S/C25H24N4O2S/c1-16-22(19-11-5-6-12-20(19)26-16)21-15-32-25(27-21)28-23(30)18-10-7-13-29(14-18)24(31)17-8-3-2-4-9-17/h2-6,8-9,11-12,15,18,26H,7,10,13-14H2,1H3,(H,27,28,30). The zero-order valence-electron chi connectivity index (χ0n) is 17.8. The molecule has 0 radical (unpaired) electrons. The van der Waals surface area contributed by atoms with Crippen LogP contribution in [-0.2, 0) is 4.79 Å². The molecule has 3 heterocycles. The first-order valence-electron chi connectivity index (χ1n) is 10.8. The molecule has 32 heavy (non-hydrogen) atoms. The first-order valence-corrected chi connectivity index (χ1v) is 11.7. The highest BCUT2D eigenvalue weighted by molar-refractivity contribution is 7.14. The number of para-hydroxylation sites is 1. The lowest BCUT2D eigenvalue weighted by Gasteiger charge is -2.32. The number of hydrogen-bond donors (Lipinski definition) is 2. The molecule has 1 aliphatic heterocycles. The number of thiazole rings is 1. The fraction of sp³-hybridized carbons (Fsp3) is 0.240. The maximum absolute atomic E-state index is 13.0. The molecular formula is C25H24N4O2S. The number of nitrogens with zero attached hydrogens (tertiary/aromatic N) is 2. The zero-order valence-corrected chi connectivity index (χ0v) is 18.6. The molecule has 2 amide bonds. The molecule has 2 N–H and O–H groups in total. The van der Waals surface area contributed by atoms with Crippen LogP contribution in [0.5, 0.6) is 0 Å². The zero-order chi connectivity index (χ0) is 22.1. The lowest BCUT2D eigenvalue weighted by Crippen LogP contribution is -2.43. The molecule has 0 spiro atoms. The fourth-order valence-electron chi connectivity index (χ4n) is 4.40. The Bertz CT molecular complexity index is 1280. The number of fused-ring (bicyclic) bond motifs is 1. The molecule has 1 aliphatic rings. The highest BCUT2D eigenvalue weighted by Crippen LogP contribution is 2.34. The van der Waals surface area contributed by atoms with Gasteiger partial charge in [-0.2, -0.15) is 0 Å². The highest BCUT2D eigenvalue weighted by Gasteiger charge is 2.29. The van der Waals surface area contributed by atoms with E-state index in [-0.39, 0.29) is 17.7 Å². The molecule has 1 atom stereocenters. The van der Waals surface area contributed by atoms with E-state index >= 15 is 0 Å². The van der Waals surface area contributed by atoms with Crippen LogP contribution >= 0.6 is 11.3 Å². The molecule has 1 unspecified atom stereocenters. The second-order valence-corrected chi connectivity index (χ2v) is 9.01. The summed E-state index contributed by atoms with van der Waals surface area (Å²) in [6.07, 6.45) is 1.58. The van der Waals surface area contributed by atoms with Crippen molar-refractivity contribution < 1.29 is 9.59 Å². The fourth-order valence-corrected chi connectivity index (χ4v) is 5.10. The smallest absolute Gasteiger partial charge is 0.253 e. The van der Waals surface area contributed by atoms with Crippen LogP contribution in [-0.4, -0.2) is 39.8 Å². The van der Waals surface area contributed by atoms with Gasteiger partial charge in [-0.15, -0.1) is 11.3 Å². The molecule has 1 fully saturated rings. The molecule has 2 aromatic heterocycles. The molecule has 0 saturated carbocycles. The van der Waals surface area contributed by atoms with Gasteiger partial charge in [0.05, 0.1) is 11.6 Å². The third kappa shape index (κ3) is 3.91. The molecule has 2 aromatic carbocycles. The molecular weight excluding hydrogens is 420 g/mol. The summed E-state index contributed by atoms with van der Waals surface area (Å²) in [5.74, 6) is -0.333. The number of nitrogens with one attached hydrogen (secondary N) is 2. The minimum absolute atomic E-state index is 0.0190. The number of benzene rings is 2. The molecule has 0 bridgehead atoms. The maximum atomic E-state index is 13.0. The van der Waals surface area contributed by atoms with Crippen LogP contribution < -0.4 is 5.32 Å². The summed E-state index contributed by atoms with van der Waals surface area (Å²) in [4.78, 5) is 35.6. The quantitative estimate of drug-likeness (QED) is 0.460. The first-order chi connectivity index (χ1) is 15.6. The van der Waals surface area contributed by atoms with E-state index in [0.717, 1.165) is 40.7 Å². The topological polar surface area (TPSA) is 78.1 Å². The van der Waals surface area contributed by atoms with Crippen LogP contribution in [0.3, 0.4) is 0 Å². The van der Waals surface area contributed by atoms with Crippen LogP contribution in [0, 0.1) is 12.8 Å². The third-order valence-corrected chi connectivity index (χ3v) is 6.74. The van der Waals surface area contributed by atoms with Gasteiger partial charge in [0, 0.05) is 46.2 Å². The molecule has 6 nitrogen and oxygen atoms in total. The van der Waals surface area contributed by atoms with Crippen molar-refractivity contribution in [3.8, 4) is 11.3 Å². The number of aryl methyl sites for hydroxylation is 1. The highest BCUT2D eigenvalue weighted by atomic mass is 32.1. The number of anilines is 1. The van der Waals surface area contributed by atoms with Gasteiger partial charge in [0.2, 0.25) is 5.91 Å². The number of aromatic nitrogens is 2. The Kier molecular flexibility index (Phi) is 5.49. The summed E-state index contributed by atoms with van der Waals surface area (Å²) in [6, 6.07) is 17.4. The molecule has 4 aromatic rings. The Morgan fingerprint density at radius 3 is 2.75 bits per heavy atom. The molecule has 162 valence electrons. The number of carbonyl (C=O) groups is 2. The summed E-state index contributed by atoms with van der Waals surface area (Å²) in [7, 11) is 0. The van der Waals surface area contributed by atoms with Crippen LogP contribution in [0.15, 0.2) is 60.0 Å². The normalized spacial score (nSPS) is 16.3. The van der Waals surface area contributed by atoms with Gasteiger partial charge < -0.3 is 15.2 Å². The molecule has 7 heteroatoms. The van der Waals surface area contributed by atoms with Crippen molar-refractivity contribution in [3.05, 3.63) is 71.2 Å². The van der Waals surface area contributed by atoms with Crippen LogP contribution in [0.2, 0.25) is 0 Å². The van der Waals surface area contributed by atoms with Crippen molar-refractivity contribution in [1.82, 2.24) is 14.9 Å². The van der Waals surface area contributed by atoms with E-state index in [1.165, 1.54) is 11.3 Å². The largest absolute Gasteiger partial charge is 0.358 e. The van der Waals surface area contributed by atoms with E-state index < -0.39 is 0 Å². The lowest BCUT2D eigenvalue weighted by molar-refractivity contribution is -0.121. The average molecular weight is 445 g/mol. The van der Waals surface area contributed by atoms with Gasteiger partial charge in [-0.05, 0) is 38.0 Å². The summed E-state index contributed by atoms with van der Waals surface area (Å²) in [5, 5.41) is 6.66. The number of carbonyl (C=O) groups excluding carboxylic acids is 2. The van der Waals surface area contributed by atoms with E-state index in [9.17, 15) is 9.59 Å². The van der Waals surface area contributed by atoms with Gasteiger partial charge in [0.1, 0.15) is 0 Å². The summed E-state index contributed by atoms with van der Waals surface area (Å²) in [5.41, 5.74) is 4.70. The van der Waals surface area contributed by atoms with Crippen LogP contribution in [0.1, 0.15) is 28.9 Å². The number of amides is 2. The van der Waals surface area contributed by atoms with Gasteiger partial charge in [-0.1, -0.05) is 36.4 Å². The van der Waals surface area contributed by atoms with Gasteiger partial charge in [-0.25, -0.2) is 4.98 Å². The Balaban J connectivity index is 1.29. The predicted molar refractivity (Wildman–Crippen MR) is 128 cm³/mol. The van der Waals surface area contributed by atoms with E-state index in [0.29, 0.717) is 23.8 Å². The summed E-state index contributed by atoms with van der Waals surface area (Å²) >= 11 is 1.42. The van der Waals surface area contributed by atoms with Crippen molar-refractivity contribution in [1.29, 1.82) is 0 Å². The van der Waals surface area contributed by atoms with Gasteiger partial charge >= 0.3 is 0 Å². The van der Waals surface area contributed by atoms with Gasteiger partial charge in [0.15, 0.2) is 5.13 Å². The number of hydrogen-bond acceptors (Lipinski definition) is 4. The van der Waals surface area contributed by atoms with Gasteiger partial charge in [0.25, 0.3) is 5.91 Å². The second kappa shape index (κ2) is 8.59. The number of aromatic amines is 1. The minimum Gasteiger partial charge on any atom is -0.358 e. The minimum atomic E-state index is -0.237. The number of likely N-dealkylation sites (tertiary alicyclic amines) is 1. The Morgan fingerprint density at radius 1 is 1.12 bits per heavy atom. The molecule has 1 saturated heterocycles. The number of H-pyrrole nitrogens is 1. The first kappa shape index (κ1) is 20.5. The Morgan fingerprint density at radius 2 is 1.91 bits per heavy atom. The molecule has 0 aliphatic carbocycles. The number of rotatable bonds is 4.